The first-order chi connectivity index (χ1) is 12.4. The van der Waals surface area contributed by atoms with Crippen LogP contribution in [0.15, 0.2) is 24.3 Å². The van der Waals surface area contributed by atoms with Crippen LogP contribution in [-0.4, -0.2) is 29.7 Å². The largest absolute Gasteiger partial charge is 0.394 e. The topological polar surface area (TPSA) is 90.8 Å². The summed E-state index contributed by atoms with van der Waals surface area (Å²) in [6.07, 6.45) is -1.61. The van der Waals surface area contributed by atoms with Crippen LogP contribution in [0.4, 0.5) is 24.5 Å². The van der Waals surface area contributed by atoms with Crippen molar-refractivity contribution in [3.8, 4) is 0 Å². The first-order valence-electron chi connectivity index (χ1n) is 7.24. The standard InChI is InChI=1S/C16H14F3IN2O4/c17-11-6-9(20)1-2-12(11)21-15-10(16(25)22-26-4-3-23)5-8(7-24)13(18)14(15)19/h1-2,5-7,16,21-23,25H,3-4H2. The van der Waals surface area contributed by atoms with Crippen LogP contribution >= 0.6 is 22.6 Å². The third-order valence-corrected chi connectivity index (χ3v) is 3.94. The van der Waals surface area contributed by atoms with Gasteiger partial charge in [0.1, 0.15) is 5.82 Å². The van der Waals surface area contributed by atoms with Gasteiger partial charge in [-0.05, 0) is 46.9 Å². The Hall–Kier alpha value is -1.73. The molecule has 0 heterocycles. The predicted molar refractivity (Wildman–Crippen MR) is 95.3 cm³/mol. The van der Waals surface area contributed by atoms with Crippen LogP contribution < -0.4 is 10.8 Å². The molecular weight excluding hydrogens is 468 g/mol. The zero-order valence-corrected chi connectivity index (χ0v) is 15.3. The van der Waals surface area contributed by atoms with Crippen molar-refractivity contribution < 1.29 is 33.0 Å². The molecule has 1 unspecified atom stereocenters. The van der Waals surface area contributed by atoms with E-state index in [4.69, 9.17) is 9.94 Å². The van der Waals surface area contributed by atoms with E-state index in [0.29, 0.717) is 3.57 Å². The molecular formula is C16H14F3IN2O4. The van der Waals surface area contributed by atoms with Gasteiger partial charge < -0.3 is 15.5 Å². The highest BCUT2D eigenvalue weighted by Crippen LogP contribution is 2.32. The van der Waals surface area contributed by atoms with Crippen LogP contribution in [0.3, 0.4) is 0 Å². The fraction of sp³-hybridized carbons (Fsp3) is 0.188. The third kappa shape index (κ3) is 4.71. The Morgan fingerprint density at radius 2 is 1.96 bits per heavy atom. The van der Waals surface area contributed by atoms with Gasteiger partial charge in [-0.1, -0.05) is 0 Å². The van der Waals surface area contributed by atoms with Crippen molar-refractivity contribution in [2.24, 2.45) is 0 Å². The maximum absolute atomic E-state index is 14.4. The molecule has 2 aromatic rings. The Morgan fingerprint density at radius 1 is 1.23 bits per heavy atom. The lowest BCUT2D eigenvalue weighted by Crippen LogP contribution is -2.24. The minimum atomic E-state index is -1.69. The maximum atomic E-state index is 14.4. The van der Waals surface area contributed by atoms with E-state index in [-0.39, 0.29) is 30.8 Å². The predicted octanol–water partition coefficient (Wildman–Crippen LogP) is 2.77. The smallest absolute Gasteiger partial charge is 0.183 e. The van der Waals surface area contributed by atoms with Crippen LogP contribution in [-0.2, 0) is 4.84 Å². The highest BCUT2D eigenvalue weighted by molar-refractivity contribution is 14.1. The molecule has 6 nitrogen and oxygen atoms in total. The molecule has 1 atom stereocenters. The summed E-state index contributed by atoms with van der Waals surface area (Å²) in [7, 11) is 0. The van der Waals surface area contributed by atoms with E-state index in [2.05, 4.69) is 10.8 Å². The van der Waals surface area contributed by atoms with Gasteiger partial charge in [0.05, 0.1) is 30.2 Å². The lowest BCUT2D eigenvalue weighted by molar-refractivity contribution is -0.0675. The first-order valence-corrected chi connectivity index (χ1v) is 8.32. The number of anilines is 2. The number of aldehydes is 1. The minimum absolute atomic E-state index is 0.0818. The van der Waals surface area contributed by atoms with E-state index >= 15 is 0 Å². The zero-order valence-electron chi connectivity index (χ0n) is 13.1. The number of hydrogen-bond donors (Lipinski definition) is 4. The molecule has 0 bridgehead atoms. The fourth-order valence-corrected chi connectivity index (χ4v) is 2.52. The normalized spacial score (nSPS) is 12.1. The Bertz CT molecular complexity index is 808. The second-order valence-corrected chi connectivity index (χ2v) is 6.26. The van der Waals surface area contributed by atoms with E-state index in [1.165, 1.54) is 12.1 Å². The lowest BCUT2D eigenvalue weighted by atomic mass is 10.1. The molecule has 0 aromatic heterocycles. The Balaban J connectivity index is 2.47. The van der Waals surface area contributed by atoms with Gasteiger partial charge in [-0.2, -0.15) is 5.48 Å². The van der Waals surface area contributed by atoms with Gasteiger partial charge in [-0.15, -0.1) is 0 Å². The Morgan fingerprint density at radius 3 is 2.58 bits per heavy atom. The summed E-state index contributed by atoms with van der Waals surface area (Å²) < 4.78 is 43.0. The Kier molecular flexibility index (Phi) is 7.34. The summed E-state index contributed by atoms with van der Waals surface area (Å²) in [5, 5.41) is 21.1. The number of aliphatic hydroxyl groups excluding tert-OH is 2. The molecule has 4 N–H and O–H groups in total. The molecule has 0 spiro atoms. The quantitative estimate of drug-likeness (QED) is 0.152. The highest BCUT2D eigenvalue weighted by atomic mass is 127. The van der Waals surface area contributed by atoms with Crippen LogP contribution in [0.1, 0.15) is 22.1 Å². The number of aliphatic hydroxyl groups is 2. The van der Waals surface area contributed by atoms with Crippen molar-refractivity contribution in [2.45, 2.75) is 6.23 Å². The van der Waals surface area contributed by atoms with Gasteiger partial charge in [0.2, 0.25) is 0 Å². The van der Waals surface area contributed by atoms with E-state index in [9.17, 15) is 23.1 Å². The van der Waals surface area contributed by atoms with E-state index < -0.39 is 34.9 Å². The van der Waals surface area contributed by atoms with Gasteiger partial charge >= 0.3 is 0 Å². The van der Waals surface area contributed by atoms with E-state index in [1.54, 1.807) is 6.07 Å². The summed E-state index contributed by atoms with van der Waals surface area (Å²) in [5.41, 5.74) is 0.454. The summed E-state index contributed by atoms with van der Waals surface area (Å²) in [6, 6.07) is 4.93. The molecule has 26 heavy (non-hydrogen) atoms. The van der Waals surface area contributed by atoms with Crippen molar-refractivity contribution >= 4 is 40.3 Å². The van der Waals surface area contributed by atoms with E-state index in [1.807, 2.05) is 22.6 Å². The Labute approximate surface area is 160 Å². The number of halogens is 4. The van der Waals surface area contributed by atoms with E-state index in [0.717, 1.165) is 6.07 Å². The molecule has 0 saturated carbocycles. The minimum Gasteiger partial charge on any atom is -0.394 e. The summed E-state index contributed by atoms with van der Waals surface area (Å²) in [5.74, 6) is -3.63. The van der Waals surface area contributed by atoms with Crippen molar-refractivity contribution in [2.75, 3.05) is 18.5 Å². The van der Waals surface area contributed by atoms with Gasteiger partial charge in [-0.25, -0.2) is 13.2 Å². The van der Waals surface area contributed by atoms with Gasteiger partial charge in [0.15, 0.2) is 24.1 Å². The molecule has 0 aliphatic carbocycles. The molecule has 0 aliphatic heterocycles. The second-order valence-electron chi connectivity index (χ2n) is 5.02. The van der Waals surface area contributed by atoms with Gasteiger partial charge in [-0.3, -0.25) is 9.63 Å². The number of hydrogen-bond acceptors (Lipinski definition) is 6. The van der Waals surface area contributed by atoms with Crippen LogP contribution in [0.5, 0.6) is 0 Å². The summed E-state index contributed by atoms with van der Waals surface area (Å²) in [6.45, 7) is -0.536. The zero-order chi connectivity index (χ0) is 19.3. The summed E-state index contributed by atoms with van der Waals surface area (Å²) in [4.78, 5) is 15.7. The van der Waals surface area contributed by atoms with Crippen LogP contribution in [0.25, 0.3) is 0 Å². The molecule has 0 fully saturated rings. The molecule has 10 heteroatoms. The van der Waals surface area contributed by atoms with Crippen molar-refractivity contribution in [1.82, 2.24) is 5.48 Å². The number of nitrogens with one attached hydrogen (secondary N) is 2. The SMILES string of the molecule is O=Cc1cc(C(O)NOCCO)c(Nc2ccc(I)cc2F)c(F)c1F. The number of hydroxylamine groups is 1. The molecule has 0 aliphatic rings. The molecule has 2 aromatic carbocycles. The van der Waals surface area contributed by atoms with Crippen molar-refractivity contribution in [3.63, 3.8) is 0 Å². The first kappa shape index (κ1) is 20.6. The lowest BCUT2D eigenvalue weighted by Gasteiger charge is -2.20. The average molecular weight is 482 g/mol. The average Bonchev–Trinajstić information content (AvgIpc) is 2.61. The van der Waals surface area contributed by atoms with Crippen LogP contribution in [0, 0.1) is 21.0 Å². The van der Waals surface area contributed by atoms with Gasteiger partial charge in [0.25, 0.3) is 0 Å². The fourth-order valence-electron chi connectivity index (χ4n) is 2.07. The maximum Gasteiger partial charge on any atom is 0.183 e. The number of carbonyl (C=O) groups is 1. The molecule has 0 amide bonds. The highest BCUT2D eigenvalue weighted by Gasteiger charge is 2.23. The summed E-state index contributed by atoms with van der Waals surface area (Å²) >= 11 is 1.88. The monoisotopic (exact) mass is 482 g/mol. The van der Waals surface area contributed by atoms with Crippen molar-refractivity contribution in [1.29, 1.82) is 0 Å². The molecule has 0 radical (unpaired) electrons. The number of benzene rings is 2. The molecule has 0 saturated heterocycles. The number of rotatable bonds is 8. The molecule has 2 rings (SSSR count). The van der Waals surface area contributed by atoms with Crippen LogP contribution in [0.2, 0.25) is 0 Å². The molecule has 140 valence electrons. The second kappa shape index (κ2) is 9.28. The van der Waals surface area contributed by atoms with Gasteiger partial charge in [0, 0.05) is 9.13 Å². The third-order valence-electron chi connectivity index (χ3n) is 3.27. The van der Waals surface area contributed by atoms with Crippen molar-refractivity contribution in [3.05, 3.63) is 56.4 Å². The number of carbonyl (C=O) groups excluding carboxylic acids is 1.